The molecule has 0 saturated carbocycles. The summed E-state index contributed by atoms with van der Waals surface area (Å²) in [6.07, 6.45) is 5.12. The number of fused-ring (bicyclic) bond motifs is 1. The van der Waals surface area contributed by atoms with Gasteiger partial charge in [-0.1, -0.05) is 24.1 Å². The first-order valence-corrected chi connectivity index (χ1v) is 7.53. The molecule has 4 heteroatoms. The van der Waals surface area contributed by atoms with Crippen molar-refractivity contribution < 1.29 is 4.39 Å². The molecule has 2 nitrogen and oxygen atoms in total. The van der Waals surface area contributed by atoms with E-state index in [9.17, 15) is 4.39 Å². The molecule has 2 fully saturated rings. The summed E-state index contributed by atoms with van der Waals surface area (Å²) in [5, 5.41) is 3.99. The summed E-state index contributed by atoms with van der Waals surface area (Å²) in [5.74, 6) is -0.210. The van der Waals surface area contributed by atoms with E-state index >= 15 is 0 Å². The van der Waals surface area contributed by atoms with E-state index in [2.05, 4.69) is 10.2 Å². The molecular formula is C15H20ClFN2. The van der Waals surface area contributed by atoms with Gasteiger partial charge in [0.2, 0.25) is 0 Å². The highest BCUT2D eigenvalue weighted by atomic mass is 35.5. The van der Waals surface area contributed by atoms with Gasteiger partial charge in [0.15, 0.2) is 0 Å². The van der Waals surface area contributed by atoms with E-state index in [0.717, 1.165) is 0 Å². The molecule has 3 rings (SSSR count). The van der Waals surface area contributed by atoms with Crippen LogP contribution in [0, 0.1) is 5.82 Å². The molecule has 2 aliphatic rings. The first-order chi connectivity index (χ1) is 9.24. The summed E-state index contributed by atoms with van der Waals surface area (Å²) in [4.78, 5) is 2.58. The molecule has 19 heavy (non-hydrogen) atoms. The molecular weight excluding hydrogens is 263 g/mol. The van der Waals surface area contributed by atoms with Crippen molar-refractivity contribution in [2.75, 3.05) is 13.1 Å². The lowest BCUT2D eigenvalue weighted by Gasteiger charge is -2.32. The molecule has 0 bridgehead atoms. The molecule has 1 aromatic carbocycles. The van der Waals surface area contributed by atoms with Crippen LogP contribution in [-0.2, 0) is 6.54 Å². The molecule has 2 saturated heterocycles. The van der Waals surface area contributed by atoms with Crippen LogP contribution < -0.4 is 5.32 Å². The van der Waals surface area contributed by atoms with Gasteiger partial charge in [0.25, 0.3) is 0 Å². The third-order valence-corrected chi connectivity index (χ3v) is 4.66. The average molecular weight is 283 g/mol. The van der Waals surface area contributed by atoms with E-state index < -0.39 is 0 Å². The van der Waals surface area contributed by atoms with Gasteiger partial charge in [0.05, 0.1) is 0 Å². The van der Waals surface area contributed by atoms with E-state index in [1.54, 1.807) is 12.1 Å². The zero-order valence-corrected chi connectivity index (χ0v) is 11.8. The lowest BCUT2D eigenvalue weighted by molar-refractivity contribution is 0.180. The topological polar surface area (TPSA) is 15.3 Å². The number of rotatable bonds is 3. The number of nitrogens with one attached hydrogen (secondary N) is 1. The predicted octanol–water partition coefficient (Wildman–Crippen LogP) is 3.20. The van der Waals surface area contributed by atoms with Crippen LogP contribution in [0.3, 0.4) is 0 Å². The maximum atomic E-state index is 13.7. The van der Waals surface area contributed by atoms with Crippen LogP contribution in [0.15, 0.2) is 18.2 Å². The largest absolute Gasteiger partial charge is 0.308 e. The molecule has 1 N–H and O–H groups in total. The Kier molecular flexibility index (Phi) is 4.06. The van der Waals surface area contributed by atoms with Gasteiger partial charge in [-0.2, -0.15) is 0 Å². The molecule has 2 aliphatic heterocycles. The van der Waals surface area contributed by atoms with Gasteiger partial charge in [-0.15, -0.1) is 0 Å². The summed E-state index contributed by atoms with van der Waals surface area (Å²) in [7, 11) is 0. The number of benzene rings is 1. The minimum atomic E-state index is -0.210. The first-order valence-electron chi connectivity index (χ1n) is 7.15. The lowest BCUT2D eigenvalue weighted by atomic mass is 9.99. The number of hydrogen-bond acceptors (Lipinski definition) is 2. The molecule has 0 aliphatic carbocycles. The van der Waals surface area contributed by atoms with E-state index in [4.69, 9.17) is 11.6 Å². The number of nitrogens with zero attached hydrogens (tertiary/aromatic N) is 1. The SMILES string of the molecule is Fc1cc(Cl)ccc1CNC1CCN2CCCCC12. The van der Waals surface area contributed by atoms with E-state index in [1.165, 1.54) is 44.8 Å². The van der Waals surface area contributed by atoms with Gasteiger partial charge >= 0.3 is 0 Å². The van der Waals surface area contributed by atoms with Crippen molar-refractivity contribution in [1.82, 2.24) is 10.2 Å². The fourth-order valence-corrected chi connectivity index (χ4v) is 3.55. The van der Waals surface area contributed by atoms with Gasteiger partial charge in [0, 0.05) is 35.8 Å². The van der Waals surface area contributed by atoms with Crippen molar-refractivity contribution in [3.8, 4) is 0 Å². The molecule has 104 valence electrons. The fraction of sp³-hybridized carbons (Fsp3) is 0.600. The van der Waals surface area contributed by atoms with E-state index in [1.807, 2.05) is 0 Å². The smallest absolute Gasteiger partial charge is 0.129 e. The van der Waals surface area contributed by atoms with Crippen LogP contribution in [0.4, 0.5) is 4.39 Å². The minimum Gasteiger partial charge on any atom is -0.308 e. The summed E-state index contributed by atoms with van der Waals surface area (Å²) >= 11 is 5.77. The minimum absolute atomic E-state index is 0.210. The third kappa shape index (κ3) is 2.93. The molecule has 2 atom stereocenters. The Morgan fingerprint density at radius 3 is 3.00 bits per heavy atom. The highest BCUT2D eigenvalue weighted by Crippen LogP contribution is 2.27. The second kappa shape index (κ2) is 5.78. The van der Waals surface area contributed by atoms with Crippen LogP contribution in [0.5, 0.6) is 0 Å². The monoisotopic (exact) mass is 282 g/mol. The number of piperidine rings is 1. The standard InChI is InChI=1S/C15H20ClFN2/c16-12-5-4-11(13(17)9-12)10-18-14-6-8-19-7-2-1-3-15(14)19/h4-5,9,14-15,18H,1-3,6-8,10H2. The highest BCUT2D eigenvalue weighted by Gasteiger charge is 2.34. The molecule has 2 unspecified atom stereocenters. The summed E-state index contributed by atoms with van der Waals surface area (Å²) in [6, 6.07) is 6.08. The third-order valence-electron chi connectivity index (χ3n) is 4.43. The second-order valence-corrected chi connectivity index (χ2v) is 6.05. The Balaban J connectivity index is 1.60. The molecule has 0 aromatic heterocycles. The van der Waals surface area contributed by atoms with Crippen molar-refractivity contribution in [3.63, 3.8) is 0 Å². The Hall–Kier alpha value is -0.640. The quantitative estimate of drug-likeness (QED) is 0.916. The Labute approximate surface area is 118 Å². The van der Waals surface area contributed by atoms with Gasteiger partial charge in [0.1, 0.15) is 5.82 Å². The van der Waals surface area contributed by atoms with Crippen LogP contribution >= 0.6 is 11.6 Å². The van der Waals surface area contributed by atoms with Crippen molar-refractivity contribution in [2.45, 2.75) is 44.3 Å². The Morgan fingerprint density at radius 2 is 2.16 bits per heavy atom. The van der Waals surface area contributed by atoms with Crippen molar-refractivity contribution >= 4 is 11.6 Å². The van der Waals surface area contributed by atoms with E-state index in [-0.39, 0.29) is 5.82 Å². The Morgan fingerprint density at radius 1 is 1.26 bits per heavy atom. The van der Waals surface area contributed by atoms with Crippen LogP contribution in [0.25, 0.3) is 0 Å². The van der Waals surface area contributed by atoms with Crippen LogP contribution in [-0.4, -0.2) is 30.1 Å². The zero-order valence-electron chi connectivity index (χ0n) is 11.0. The predicted molar refractivity (Wildman–Crippen MR) is 75.9 cm³/mol. The molecule has 0 amide bonds. The van der Waals surface area contributed by atoms with Crippen LogP contribution in [0.1, 0.15) is 31.2 Å². The number of hydrogen-bond donors (Lipinski definition) is 1. The normalized spacial score (nSPS) is 27.5. The van der Waals surface area contributed by atoms with Crippen molar-refractivity contribution in [1.29, 1.82) is 0 Å². The van der Waals surface area contributed by atoms with E-state index in [0.29, 0.717) is 29.2 Å². The van der Waals surface area contributed by atoms with Gasteiger partial charge in [-0.25, -0.2) is 4.39 Å². The van der Waals surface area contributed by atoms with Crippen LogP contribution in [0.2, 0.25) is 5.02 Å². The zero-order chi connectivity index (χ0) is 13.2. The first kappa shape index (κ1) is 13.3. The molecule has 1 aromatic rings. The molecule has 2 heterocycles. The maximum absolute atomic E-state index is 13.7. The summed E-state index contributed by atoms with van der Waals surface area (Å²) in [6.45, 7) is 3.02. The van der Waals surface area contributed by atoms with Gasteiger partial charge in [-0.05, 0) is 37.9 Å². The average Bonchev–Trinajstić information content (AvgIpc) is 2.81. The van der Waals surface area contributed by atoms with Crippen molar-refractivity contribution in [3.05, 3.63) is 34.6 Å². The Bertz CT molecular complexity index is 452. The molecule has 0 spiro atoms. The van der Waals surface area contributed by atoms with Gasteiger partial charge in [-0.3, -0.25) is 4.90 Å². The highest BCUT2D eigenvalue weighted by molar-refractivity contribution is 6.30. The lowest BCUT2D eigenvalue weighted by Crippen LogP contribution is -2.44. The van der Waals surface area contributed by atoms with Crippen molar-refractivity contribution in [2.24, 2.45) is 0 Å². The second-order valence-electron chi connectivity index (χ2n) is 5.61. The maximum Gasteiger partial charge on any atom is 0.129 e. The van der Waals surface area contributed by atoms with Gasteiger partial charge < -0.3 is 5.32 Å². The summed E-state index contributed by atoms with van der Waals surface area (Å²) < 4.78 is 13.7. The number of halogens is 2. The summed E-state index contributed by atoms with van der Waals surface area (Å²) in [5.41, 5.74) is 0.707. The molecule has 0 radical (unpaired) electrons. The fourth-order valence-electron chi connectivity index (χ4n) is 3.39.